The van der Waals surface area contributed by atoms with Gasteiger partial charge in [-0.05, 0) is 60.7 Å². The molecule has 6 aliphatic rings. The minimum Gasteiger partial charge on any atom is -0.389 e. The third-order valence-electron chi connectivity index (χ3n) is 11.3. The minimum atomic E-state index is -0.530. The van der Waals surface area contributed by atoms with Crippen molar-refractivity contribution >= 4 is 5.78 Å². The van der Waals surface area contributed by atoms with E-state index in [0.717, 1.165) is 45.3 Å². The smallest absolute Gasteiger partial charge is 0.139 e. The molecule has 3 saturated carbocycles. The third kappa shape index (κ3) is 2.08. The first-order valence-electron chi connectivity index (χ1n) is 12.3. The third-order valence-corrected chi connectivity index (χ3v) is 11.3. The van der Waals surface area contributed by atoms with Crippen LogP contribution >= 0.6 is 0 Å². The van der Waals surface area contributed by atoms with E-state index in [1.807, 2.05) is 0 Å². The number of ketones is 1. The number of allylic oxidation sites excluding steroid dienone is 1. The van der Waals surface area contributed by atoms with Crippen LogP contribution in [0, 0.1) is 45.3 Å². The van der Waals surface area contributed by atoms with Crippen molar-refractivity contribution in [3.8, 4) is 0 Å². The number of ether oxygens (including phenoxy) is 2. The van der Waals surface area contributed by atoms with Gasteiger partial charge in [0.1, 0.15) is 5.78 Å². The number of carbonyl (C=O) groups excluding carboxylic acids is 1. The summed E-state index contributed by atoms with van der Waals surface area (Å²) in [6.45, 7) is 11.7. The zero-order valence-corrected chi connectivity index (χ0v) is 19.1. The molecule has 0 radical (unpaired) electrons. The maximum Gasteiger partial charge on any atom is 0.139 e. The van der Waals surface area contributed by atoms with Gasteiger partial charge in [-0.2, -0.15) is 0 Å². The number of carbonyl (C=O) groups is 1. The van der Waals surface area contributed by atoms with Gasteiger partial charge in [-0.15, -0.1) is 0 Å². The van der Waals surface area contributed by atoms with E-state index >= 15 is 0 Å². The summed E-state index contributed by atoms with van der Waals surface area (Å²) in [6, 6.07) is 0. The quantitative estimate of drug-likeness (QED) is 0.655. The first-order chi connectivity index (χ1) is 14.2. The first-order valence-corrected chi connectivity index (χ1v) is 12.3. The highest BCUT2D eigenvalue weighted by atomic mass is 16.5. The summed E-state index contributed by atoms with van der Waals surface area (Å²) < 4.78 is 12.1. The van der Waals surface area contributed by atoms with E-state index in [1.54, 1.807) is 0 Å². The molecule has 6 rings (SSSR count). The topological polar surface area (TPSA) is 55.8 Å². The minimum absolute atomic E-state index is 0.0180. The highest BCUT2D eigenvalue weighted by Crippen LogP contribution is 2.74. The van der Waals surface area contributed by atoms with Crippen LogP contribution in [0.4, 0.5) is 0 Å². The fourth-order valence-corrected chi connectivity index (χ4v) is 9.93. The van der Waals surface area contributed by atoms with E-state index in [2.05, 4.69) is 33.8 Å². The zero-order chi connectivity index (χ0) is 21.1. The van der Waals surface area contributed by atoms with E-state index < -0.39 is 11.5 Å². The van der Waals surface area contributed by atoms with Crippen molar-refractivity contribution in [3.05, 3.63) is 11.6 Å². The van der Waals surface area contributed by atoms with Crippen LogP contribution < -0.4 is 0 Å². The van der Waals surface area contributed by atoms with Crippen molar-refractivity contribution in [3.63, 3.8) is 0 Å². The van der Waals surface area contributed by atoms with Crippen molar-refractivity contribution in [1.29, 1.82) is 0 Å². The van der Waals surface area contributed by atoms with Crippen molar-refractivity contribution < 1.29 is 19.4 Å². The summed E-state index contributed by atoms with van der Waals surface area (Å²) in [4.78, 5) is 13.6. The maximum atomic E-state index is 13.6. The predicted octanol–water partition coefficient (Wildman–Crippen LogP) is 4.16. The van der Waals surface area contributed by atoms with Crippen LogP contribution in [-0.4, -0.2) is 42.9 Å². The molecule has 4 heteroatoms. The van der Waals surface area contributed by atoms with Crippen LogP contribution in [0.5, 0.6) is 0 Å². The SMILES string of the molecule is C[C@]12CCC(=O)[C@]3(C)[C@H]4CC[C@]5(C)C(=CCC5C5CCOC5)[C@]4(C)[C@H](O)[C@H](OC1)[C@@H]23. The Morgan fingerprint density at radius 3 is 2.63 bits per heavy atom. The number of Topliss-reactive ketones (excluding diaryl/α,β-unsaturated/α-hetero) is 1. The Bertz CT molecular complexity index is 814. The molecule has 4 nitrogen and oxygen atoms in total. The number of rotatable bonds is 1. The number of hydrogen-bond acceptors (Lipinski definition) is 4. The van der Waals surface area contributed by atoms with Crippen molar-refractivity contribution in [2.24, 2.45) is 45.3 Å². The monoisotopic (exact) mass is 414 g/mol. The Morgan fingerprint density at radius 1 is 1.10 bits per heavy atom. The van der Waals surface area contributed by atoms with Gasteiger partial charge >= 0.3 is 0 Å². The molecule has 2 aliphatic heterocycles. The molecule has 166 valence electrons. The standard InChI is InChI=1S/C26H38O4/c1-23-10-8-19(27)26(4)18-7-11-24(2)16(15-9-12-29-13-15)5-6-17(24)25(18,3)22(28)20(21(23)26)30-14-23/h6,15-16,18,20-22,28H,5,7-14H2,1-4H3/t15?,16?,18-,20+,21-,22+,23-,24-,25-,26-/m0/s1. The molecular weight excluding hydrogens is 376 g/mol. The summed E-state index contributed by atoms with van der Waals surface area (Å²) in [7, 11) is 0. The van der Waals surface area contributed by atoms with Crippen LogP contribution in [-0.2, 0) is 14.3 Å². The molecular formula is C26H38O4. The Balaban J connectivity index is 1.46. The lowest BCUT2D eigenvalue weighted by Gasteiger charge is -2.66. The number of fused-ring (bicyclic) bond motifs is 4. The molecule has 2 unspecified atom stereocenters. The molecule has 2 saturated heterocycles. The molecule has 30 heavy (non-hydrogen) atoms. The molecule has 10 atom stereocenters. The highest BCUT2D eigenvalue weighted by molar-refractivity contribution is 5.87. The largest absolute Gasteiger partial charge is 0.389 e. The van der Waals surface area contributed by atoms with Crippen LogP contribution in [0.25, 0.3) is 0 Å². The molecule has 4 aliphatic carbocycles. The molecule has 0 spiro atoms. The molecule has 0 bridgehead atoms. The van der Waals surface area contributed by atoms with Crippen molar-refractivity contribution in [1.82, 2.24) is 0 Å². The van der Waals surface area contributed by atoms with Crippen LogP contribution in [0.2, 0.25) is 0 Å². The van der Waals surface area contributed by atoms with Crippen molar-refractivity contribution in [2.45, 2.75) is 78.4 Å². The second-order valence-electron chi connectivity index (χ2n) is 12.4. The predicted molar refractivity (Wildman–Crippen MR) is 114 cm³/mol. The Labute approximate surface area is 180 Å². The summed E-state index contributed by atoms with van der Waals surface area (Å²) in [5.41, 5.74) is 0.789. The average Bonchev–Trinajstić information content (AvgIpc) is 3.41. The second kappa shape index (κ2) is 5.99. The highest BCUT2D eigenvalue weighted by Gasteiger charge is 2.74. The maximum absolute atomic E-state index is 13.6. The summed E-state index contributed by atoms with van der Waals surface area (Å²) in [6.07, 6.45) is 7.70. The first kappa shape index (κ1) is 19.9. The molecule has 2 heterocycles. The Kier molecular flexibility index (Phi) is 3.98. The fraction of sp³-hybridized carbons (Fsp3) is 0.885. The van der Waals surface area contributed by atoms with Gasteiger partial charge in [-0.3, -0.25) is 4.79 Å². The van der Waals surface area contributed by atoms with Gasteiger partial charge in [0.25, 0.3) is 0 Å². The van der Waals surface area contributed by atoms with Crippen LogP contribution in [0.1, 0.15) is 66.2 Å². The lowest BCUT2D eigenvalue weighted by molar-refractivity contribution is -0.209. The number of hydrogen-bond donors (Lipinski definition) is 1. The molecule has 0 aromatic carbocycles. The fourth-order valence-electron chi connectivity index (χ4n) is 9.93. The average molecular weight is 415 g/mol. The van der Waals surface area contributed by atoms with E-state index in [9.17, 15) is 9.90 Å². The summed E-state index contributed by atoms with van der Waals surface area (Å²) in [5, 5.41) is 11.9. The summed E-state index contributed by atoms with van der Waals surface area (Å²) in [5.74, 6) is 1.99. The van der Waals surface area contributed by atoms with Gasteiger partial charge in [0.05, 0.1) is 18.8 Å². The zero-order valence-electron chi connectivity index (χ0n) is 19.1. The molecule has 5 fully saturated rings. The lowest BCUT2D eigenvalue weighted by atomic mass is 9.37. The van der Waals surface area contributed by atoms with Gasteiger partial charge in [0, 0.05) is 36.4 Å². The van der Waals surface area contributed by atoms with E-state index in [4.69, 9.17) is 9.47 Å². The van der Waals surface area contributed by atoms with E-state index in [0.29, 0.717) is 30.6 Å². The van der Waals surface area contributed by atoms with Gasteiger partial charge in [-0.1, -0.05) is 39.3 Å². The van der Waals surface area contributed by atoms with Crippen molar-refractivity contribution in [2.75, 3.05) is 19.8 Å². The summed E-state index contributed by atoms with van der Waals surface area (Å²) >= 11 is 0. The van der Waals surface area contributed by atoms with Gasteiger partial charge in [0.15, 0.2) is 0 Å². The molecule has 0 aromatic heterocycles. The van der Waals surface area contributed by atoms with Crippen LogP contribution in [0.15, 0.2) is 11.6 Å². The lowest BCUT2D eigenvalue weighted by Crippen LogP contribution is -2.69. The normalized spacial score (nSPS) is 59.5. The Morgan fingerprint density at radius 2 is 1.90 bits per heavy atom. The van der Waals surface area contributed by atoms with Gasteiger partial charge < -0.3 is 14.6 Å². The van der Waals surface area contributed by atoms with E-state index in [1.165, 1.54) is 5.57 Å². The number of aliphatic hydroxyl groups excluding tert-OH is 1. The number of aliphatic hydroxyl groups is 1. The molecule has 1 N–H and O–H groups in total. The van der Waals surface area contributed by atoms with Crippen LogP contribution in [0.3, 0.4) is 0 Å². The second-order valence-corrected chi connectivity index (χ2v) is 12.4. The van der Waals surface area contributed by atoms with E-state index in [-0.39, 0.29) is 34.2 Å². The van der Waals surface area contributed by atoms with Gasteiger partial charge in [-0.25, -0.2) is 0 Å². The molecule has 0 aromatic rings. The Hall–Kier alpha value is -0.710. The van der Waals surface area contributed by atoms with Gasteiger partial charge in [0.2, 0.25) is 0 Å². The molecule has 0 amide bonds.